The van der Waals surface area contributed by atoms with Crippen molar-refractivity contribution >= 4 is 5.97 Å². The van der Waals surface area contributed by atoms with Crippen molar-refractivity contribution in [2.24, 2.45) is 0 Å². The van der Waals surface area contributed by atoms with Crippen LogP contribution in [-0.2, 0) is 4.74 Å². The second kappa shape index (κ2) is 5.08. The molecule has 0 spiro atoms. The van der Waals surface area contributed by atoms with Crippen molar-refractivity contribution < 1.29 is 9.53 Å². The lowest BCUT2D eigenvalue weighted by Crippen LogP contribution is -2.62. The first kappa shape index (κ1) is 11.7. The molecule has 0 N–H and O–H groups in total. The van der Waals surface area contributed by atoms with Gasteiger partial charge in [0.25, 0.3) is 0 Å². The molecule has 4 heteroatoms. The number of fused-ring (bicyclic) bond motifs is 3. The molecule has 18 heavy (non-hydrogen) atoms. The van der Waals surface area contributed by atoms with Gasteiger partial charge in [-0.3, -0.25) is 9.80 Å². The van der Waals surface area contributed by atoms with Crippen LogP contribution in [0.15, 0.2) is 30.3 Å². The van der Waals surface area contributed by atoms with Crippen LogP contribution in [0.3, 0.4) is 0 Å². The van der Waals surface area contributed by atoms with Gasteiger partial charge in [-0.2, -0.15) is 0 Å². The van der Waals surface area contributed by atoms with Crippen LogP contribution < -0.4 is 0 Å². The Balaban J connectivity index is 1.54. The number of esters is 1. The first-order valence-corrected chi connectivity index (χ1v) is 6.51. The molecule has 4 nitrogen and oxygen atoms in total. The number of ether oxygens (including phenoxy) is 1. The molecule has 1 atom stereocenters. The van der Waals surface area contributed by atoms with Gasteiger partial charge in [0.15, 0.2) is 0 Å². The molecule has 0 amide bonds. The summed E-state index contributed by atoms with van der Waals surface area (Å²) in [6, 6.07) is 9.57. The molecule has 1 aromatic rings. The first-order chi connectivity index (χ1) is 8.83. The van der Waals surface area contributed by atoms with E-state index in [2.05, 4.69) is 9.80 Å². The van der Waals surface area contributed by atoms with Crippen LogP contribution in [-0.4, -0.2) is 61.1 Å². The van der Waals surface area contributed by atoms with Crippen molar-refractivity contribution in [3.63, 3.8) is 0 Å². The fourth-order valence-electron chi connectivity index (χ4n) is 2.71. The van der Waals surface area contributed by atoms with Crippen molar-refractivity contribution in [3.8, 4) is 0 Å². The summed E-state index contributed by atoms with van der Waals surface area (Å²) in [5, 5.41) is 0. The second-order valence-corrected chi connectivity index (χ2v) is 4.95. The summed E-state index contributed by atoms with van der Waals surface area (Å²) in [6.45, 7) is 6.06. The molecular formula is C14H18N2O2. The minimum atomic E-state index is -0.215. The van der Waals surface area contributed by atoms with Crippen LogP contribution in [0, 0.1) is 0 Å². The highest BCUT2D eigenvalue weighted by atomic mass is 16.5. The zero-order valence-corrected chi connectivity index (χ0v) is 10.4. The van der Waals surface area contributed by atoms with Crippen molar-refractivity contribution in [2.75, 3.05) is 39.3 Å². The molecule has 1 unspecified atom stereocenters. The third-order valence-corrected chi connectivity index (χ3v) is 3.81. The smallest absolute Gasteiger partial charge is 0.338 e. The molecule has 4 rings (SSSR count). The molecule has 0 saturated carbocycles. The fourth-order valence-corrected chi connectivity index (χ4v) is 2.71. The van der Waals surface area contributed by atoms with Gasteiger partial charge in [0.2, 0.25) is 0 Å². The molecule has 0 aliphatic carbocycles. The van der Waals surface area contributed by atoms with Crippen molar-refractivity contribution in [2.45, 2.75) is 6.04 Å². The summed E-state index contributed by atoms with van der Waals surface area (Å²) in [7, 11) is 0. The van der Waals surface area contributed by atoms with Gasteiger partial charge in [0.1, 0.15) is 6.61 Å². The quantitative estimate of drug-likeness (QED) is 0.740. The Morgan fingerprint density at radius 2 is 1.89 bits per heavy atom. The van der Waals surface area contributed by atoms with Gasteiger partial charge >= 0.3 is 5.97 Å². The van der Waals surface area contributed by atoms with Gasteiger partial charge < -0.3 is 4.74 Å². The van der Waals surface area contributed by atoms with Gasteiger partial charge in [-0.05, 0) is 12.1 Å². The average Bonchev–Trinajstić information content (AvgIpc) is 2.47. The van der Waals surface area contributed by atoms with E-state index < -0.39 is 0 Å². The summed E-state index contributed by atoms with van der Waals surface area (Å²) >= 11 is 0. The lowest BCUT2D eigenvalue weighted by molar-refractivity contribution is -0.0215. The number of benzene rings is 1. The molecule has 2 bridgehead atoms. The third-order valence-electron chi connectivity index (χ3n) is 3.81. The summed E-state index contributed by atoms with van der Waals surface area (Å²) in [4.78, 5) is 16.7. The highest BCUT2D eigenvalue weighted by Gasteiger charge is 2.32. The van der Waals surface area contributed by atoms with E-state index in [0.717, 1.165) is 32.7 Å². The van der Waals surface area contributed by atoms with Gasteiger partial charge in [-0.15, -0.1) is 0 Å². The number of carbonyl (C=O) groups excluding carboxylic acids is 1. The molecule has 3 saturated heterocycles. The Morgan fingerprint density at radius 1 is 1.17 bits per heavy atom. The third kappa shape index (κ3) is 2.40. The van der Waals surface area contributed by atoms with Crippen molar-refractivity contribution in [3.05, 3.63) is 35.9 Å². The van der Waals surface area contributed by atoms with Gasteiger partial charge in [0.05, 0.1) is 11.6 Å². The summed E-state index contributed by atoms with van der Waals surface area (Å²) in [6.07, 6.45) is 0. The number of piperazine rings is 3. The van der Waals surface area contributed by atoms with Gasteiger partial charge in [-0.1, -0.05) is 18.2 Å². The number of hydrogen-bond acceptors (Lipinski definition) is 4. The molecule has 0 radical (unpaired) electrons. The number of hydrogen-bond donors (Lipinski definition) is 0. The number of nitrogens with zero attached hydrogens (tertiary/aromatic N) is 2. The van der Waals surface area contributed by atoms with E-state index in [4.69, 9.17) is 4.74 Å². The molecule has 3 fully saturated rings. The summed E-state index contributed by atoms with van der Waals surface area (Å²) in [5.74, 6) is -0.215. The van der Waals surface area contributed by atoms with Crippen LogP contribution in [0.1, 0.15) is 10.4 Å². The second-order valence-electron chi connectivity index (χ2n) is 4.95. The maximum atomic E-state index is 11.8. The zero-order chi connectivity index (χ0) is 12.4. The standard InChI is InChI=1S/C14H18N2O2/c17-14(12-4-2-1-3-5-12)18-11-13-10-15-6-8-16(13)9-7-15/h1-5,13H,6-11H2. The summed E-state index contributed by atoms with van der Waals surface area (Å²) < 4.78 is 5.41. The number of carbonyl (C=O) groups is 1. The van der Waals surface area contributed by atoms with Crippen LogP contribution in [0.2, 0.25) is 0 Å². The Morgan fingerprint density at radius 3 is 2.50 bits per heavy atom. The Bertz CT molecular complexity index is 413. The van der Waals surface area contributed by atoms with Crippen LogP contribution in [0.5, 0.6) is 0 Å². The molecule has 3 heterocycles. The van der Waals surface area contributed by atoms with E-state index in [-0.39, 0.29) is 5.97 Å². The lowest BCUT2D eigenvalue weighted by Gasteiger charge is -2.47. The van der Waals surface area contributed by atoms with Crippen molar-refractivity contribution in [1.82, 2.24) is 9.80 Å². The maximum absolute atomic E-state index is 11.8. The molecule has 0 aromatic heterocycles. The van der Waals surface area contributed by atoms with E-state index in [9.17, 15) is 4.79 Å². The van der Waals surface area contributed by atoms with Crippen LogP contribution >= 0.6 is 0 Å². The first-order valence-electron chi connectivity index (χ1n) is 6.51. The summed E-state index contributed by atoms with van der Waals surface area (Å²) in [5.41, 5.74) is 0.633. The van der Waals surface area contributed by atoms with E-state index in [1.807, 2.05) is 18.2 Å². The normalized spacial score (nSPS) is 30.1. The molecule has 3 aliphatic heterocycles. The van der Waals surface area contributed by atoms with E-state index >= 15 is 0 Å². The Hall–Kier alpha value is -1.39. The zero-order valence-electron chi connectivity index (χ0n) is 10.4. The predicted molar refractivity (Wildman–Crippen MR) is 68.5 cm³/mol. The monoisotopic (exact) mass is 246 g/mol. The fraction of sp³-hybridized carbons (Fsp3) is 0.500. The minimum absolute atomic E-state index is 0.215. The van der Waals surface area contributed by atoms with Gasteiger partial charge in [-0.25, -0.2) is 4.79 Å². The van der Waals surface area contributed by atoms with Crippen LogP contribution in [0.4, 0.5) is 0 Å². The van der Waals surface area contributed by atoms with E-state index in [0.29, 0.717) is 18.2 Å². The maximum Gasteiger partial charge on any atom is 0.338 e. The van der Waals surface area contributed by atoms with E-state index in [1.165, 1.54) is 0 Å². The molecule has 1 aromatic carbocycles. The van der Waals surface area contributed by atoms with E-state index in [1.54, 1.807) is 12.1 Å². The largest absolute Gasteiger partial charge is 0.460 e. The Labute approximate surface area is 107 Å². The number of rotatable bonds is 3. The minimum Gasteiger partial charge on any atom is -0.460 e. The lowest BCUT2D eigenvalue weighted by atomic mass is 10.1. The molecular weight excluding hydrogens is 228 g/mol. The highest BCUT2D eigenvalue weighted by molar-refractivity contribution is 5.89. The molecule has 3 aliphatic rings. The van der Waals surface area contributed by atoms with Crippen LogP contribution in [0.25, 0.3) is 0 Å². The average molecular weight is 246 g/mol. The highest BCUT2D eigenvalue weighted by Crippen LogP contribution is 2.16. The van der Waals surface area contributed by atoms with Crippen molar-refractivity contribution in [1.29, 1.82) is 0 Å². The predicted octanol–water partition coefficient (Wildman–Crippen LogP) is 0.843. The SMILES string of the molecule is O=C(OCC1CN2CCN1CC2)c1ccccc1. The topological polar surface area (TPSA) is 32.8 Å². The Kier molecular flexibility index (Phi) is 3.30. The molecule has 96 valence electrons. The van der Waals surface area contributed by atoms with Gasteiger partial charge in [0, 0.05) is 32.7 Å².